The van der Waals surface area contributed by atoms with E-state index in [9.17, 15) is 0 Å². The van der Waals surface area contributed by atoms with Crippen molar-refractivity contribution in [2.75, 3.05) is 11.5 Å². The highest BCUT2D eigenvalue weighted by atomic mass is 15.1. The minimum absolute atomic E-state index is 0.570. The van der Waals surface area contributed by atoms with Crippen molar-refractivity contribution in [2.45, 2.75) is 38.5 Å². The summed E-state index contributed by atoms with van der Waals surface area (Å²) >= 11 is 0. The second-order valence-corrected chi connectivity index (χ2v) is 6.18. The molecule has 1 aliphatic carbocycles. The first-order valence-electron chi connectivity index (χ1n) is 7.84. The van der Waals surface area contributed by atoms with Crippen LogP contribution in [0, 0.1) is 11.8 Å². The standard InChI is InChI=1S/C16H22N6/c17-15-13(5-7-19-21-15)9-11-1-2-12(4-3-11)10-14-6-8-20-22-16(14)18/h5-8,11-12H,1-4,9-10H2,(H2,17,21)(H2,18,22)/t11-,12-. The molecule has 0 aromatic carbocycles. The van der Waals surface area contributed by atoms with E-state index in [-0.39, 0.29) is 0 Å². The summed E-state index contributed by atoms with van der Waals surface area (Å²) in [7, 11) is 0. The molecule has 0 atom stereocenters. The van der Waals surface area contributed by atoms with E-state index < -0.39 is 0 Å². The number of hydrogen-bond acceptors (Lipinski definition) is 6. The maximum Gasteiger partial charge on any atom is 0.149 e. The van der Waals surface area contributed by atoms with Crippen molar-refractivity contribution in [3.05, 3.63) is 35.7 Å². The normalized spacial score (nSPS) is 21.6. The van der Waals surface area contributed by atoms with Crippen LogP contribution in [0.25, 0.3) is 0 Å². The van der Waals surface area contributed by atoms with Crippen LogP contribution in [0.2, 0.25) is 0 Å². The maximum absolute atomic E-state index is 5.88. The van der Waals surface area contributed by atoms with Gasteiger partial charge in [0.15, 0.2) is 0 Å². The van der Waals surface area contributed by atoms with Crippen LogP contribution in [-0.4, -0.2) is 20.4 Å². The lowest BCUT2D eigenvalue weighted by Crippen LogP contribution is -2.19. The van der Waals surface area contributed by atoms with Gasteiger partial charge in [-0.2, -0.15) is 10.2 Å². The van der Waals surface area contributed by atoms with Gasteiger partial charge < -0.3 is 11.5 Å². The Hall–Kier alpha value is -2.24. The molecule has 0 unspecified atom stereocenters. The van der Waals surface area contributed by atoms with E-state index in [1.54, 1.807) is 12.4 Å². The van der Waals surface area contributed by atoms with Crippen molar-refractivity contribution >= 4 is 11.6 Å². The van der Waals surface area contributed by atoms with E-state index in [2.05, 4.69) is 20.4 Å². The van der Waals surface area contributed by atoms with Crippen molar-refractivity contribution in [1.82, 2.24) is 20.4 Å². The van der Waals surface area contributed by atoms with E-state index in [1.165, 1.54) is 25.7 Å². The van der Waals surface area contributed by atoms with Gasteiger partial charge in [0.1, 0.15) is 11.6 Å². The Labute approximate surface area is 130 Å². The van der Waals surface area contributed by atoms with Crippen LogP contribution >= 0.6 is 0 Å². The summed E-state index contributed by atoms with van der Waals surface area (Å²) in [6.07, 6.45) is 10.4. The summed E-state index contributed by atoms with van der Waals surface area (Å²) in [6.45, 7) is 0. The third-order valence-corrected chi connectivity index (χ3v) is 4.66. The highest BCUT2D eigenvalue weighted by Crippen LogP contribution is 2.33. The van der Waals surface area contributed by atoms with E-state index in [1.807, 2.05) is 12.1 Å². The lowest BCUT2D eigenvalue weighted by Gasteiger charge is -2.28. The predicted molar refractivity (Wildman–Crippen MR) is 85.7 cm³/mol. The van der Waals surface area contributed by atoms with Gasteiger partial charge >= 0.3 is 0 Å². The van der Waals surface area contributed by atoms with Crippen molar-refractivity contribution in [3.63, 3.8) is 0 Å². The first-order valence-corrected chi connectivity index (χ1v) is 7.84. The Morgan fingerprint density at radius 1 is 0.773 bits per heavy atom. The van der Waals surface area contributed by atoms with Gasteiger partial charge in [-0.25, -0.2) is 0 Å². The Kier molecular flexibility index (Phi) is 4.46. The van der Waals surface area contributed by atoms with Crippen LogP contribution < -0.4 is 11.5 Å². The smallest absolute Gasteiger partial charge is 0.149 e. The van der Waals surface area contributed by atoms with E-state index in [0.717, 1.165) is 24.0 Å². The van der Waals surface area contributed by atoms with Gasteiger partial charge in [0, 0.05) is 0 Å². The summed E-state index contributed by atoms with van der Waals surface area (Å²) in [5, 5.41) is 15.5. The quantitative estimate of drug-likeness (QED) is 0.895. The van der Waals surface area contributed by atoms with Crippen LogP contribution in [0.3, 0.4) is 0 Å². The van der Waals surface area contributed by atoms with Gasteiger partial charge in [0.25, 0.3) is 0 Å². The van der Waals surface area contributed by atoms with Gasteiger partial charge in [-0.15, -0.1) is 10.2 Å². The molecule has 0 amide bonds. The van der Waals surface area contributed by atoms with Crippen molar-refractivity contribution in [1.29, 1.82) is 0 Å². The Bertz CT molecular complexity index is 566. The SMILES string of the molecule is Nc1nnccc1C[C@H]1CC[C@H](Cc2ccnnc2N)CC1. The number of anilines is 2. The molecule has 116 valence electrons. The molecule has 2 aromatic rings. The molecule has 0 radical (unpaired) electrons. The minimum Gasteiger partial charge on any atom is -0.382 e. The van der Waals surface area contributed by atoms with Crippen LogP contribution in [0.4, 0.5) is 11.6 Å². The molecule has 1 aliphatic rings. The topological polar surface area (TPSA) is 104 Å². The van der Waals surface area contributed by atoms with Gasteiger partial charge in [-0.3, -0.25) is 0 Å². The second kappa shape index (κ2) is 6.68. The van der Waals surface area contributed by atoms with Gasteiger partial charge in [0.2, 0.25) is 0 Å². The summed E-state index contributed by atoms with van der Waals surface area (Å²) in [5.41, 5.74) is 14.0. The highest BCUT2D eigenvalue weighted by Gasteiger charge is 2.23. The average molecular weight is 298 g/mol. The fourth-order valence-corrected chi connectivity index (χ4v) is 3.34. The zero-order valence-electron chi connectivity index (χ0n) is 12.7. The highest BCUT2D eigenvalue weighted by molar-refractivity contribution is 5.37. The van der Waals surface area contributed by atoms with E-state index >= 15 is 0 Å². The lowest BCUT2D eigenvalue weighted by atomic mass is 9.77. The molecule has 0 saturated heterocycles. The number of nitrogen functional groups attached to an aromatic ring is 2. The van der Waals surface area contributed by atoms with Crippen LogP contribution in [0.1, 0.15) is 36.8 Å². The molecule has 2 aromatic heterocycles. The number of nitrogens with two attached hydrogens (primary N) is 2. The molecule has 1 fully saturated rings. The van der Waals surface area contributed by atoms with Gasteiger partial charge in [-0.05, 0) is 73.6 Å². The average Bonchev–Trinajstić information content (AvgIpc) is 2.54. The third kappa shape index (κ3) is 3.50. The largest absolute Gasteiger partial charge is 0.382 e. The third-order valence-electron chi connectivity index (χ3n) is 4.66. The zero-order valence-corrected chi connectivity index (χ0v) is 12.7. The Morgan fingerprint density at radius 3 is 1.55 bits per heavy atom. The number of rotatable bonds is 4. The molecular formula is C16H22N6. The van der Waals surface area contributed by atoms with Crippen LogP contribution in [0.5, 0.6) is 0 Å². The fraction of sp³-hybridized carbons (Fsp3) is 0.500. The van der Waals surface area contributed by atoms with Crippen LogP contribution in [0.15, 0.2) is 24.5 Å². The monoisotopic (exact) mass is 298 g/mol. The molecule has 3 rings (SSSR count). The first kappa shape index (κ1) is 14.7. The molecule has 0 spiro atoms. The van der Waals surface area contributed by atoms with Gasteiger partial charge in [-0.1, -0.05) is 0 Å². The van der Waals surface area contributed by atoms with Crippen molar-refractivity contribution in [3.8, 4) is 0 Å². The van der Waals surface area contributed by atoms with E-state index in [0.29, 0.717) is 23.5 Å². The fourth-order valence-electron chi connectivity index (χ4n) is 3.34. The minimum atomic E-state index is 0.570. The molecule has 6 heteroatoms. The molecule has 22 heavy (non-hydrogen) atoms. The predicted octanol–water partition coefficient (Wildman–Crippen LogP) is 2.02. The first-order chi connectivity index (χ1) is 10.7. The number of hydrogen-bond donors (Lipinski definition) is 2. The second-order valence-electron chi connectivity index (χ2n) is 6.18. The maximum atomic E-state index is 5.88. The summed E-state index contributed by atoms with van der Waals surface area (Å²) in [6, 6.07) is 3.97. The summed E-state index contributed by atoms with van der Waals surface area (Å²) in [4.78, 5) is 0. The van der Waals surface area contributed by atoms with Crippen molar-refractivity contribution in [2.24, 2.45) is 11.8 Å². The molecule has 0 bridgehead atoms. The molecular weight excluding hydrogens is 276 g/mol. The molecule has 2 heterocycles. The van der Waals surface area contributed by atoms with E-state index in [4.69, 9.17) is 11.5 Å². The number of aromatic nitrogens is 4. The van der Waals surface area contributed by atoms with Crippen molar-refractivity contribution < 1.29 is 0 Å². The molecule has 1 saturated carbocycles. The summed E-state index contributed by atoms with van der Waals surface area (Å²) < 4.78 is 0. The van der Waals surface area contributed by atoms with Gasteiger partial charge in [0.05, 0.1) is 12.4 Å². The Morgan fingerprint density at radius 2 is 1.18 bits per heavy atom. The lowest BCUT2D eigenvalue weighted by molar-refractivity contribution is 0.272. The Balaban J connectivity index is 1.52. The molecule has 6 nitrogen and oxygen atoms in total. The molecule has 0 aliphatic heterocycles. The number of nitrogens with zero attached hydrogens (tertiary/aromatic N) is 4. The molecule has 4 N–H and O–H groups in total. The summed E-state index contributed by atoms with van der Waals surface area (Å²) in [5.74, 6) is 2.52. The van der Waals surface area contributed by atoms with Crippen LogP contribution in [-0.2, 0) is 12.8 Å². The zero-order chi connectivity index (χ0) is 15.4.